The van der Waals surface area contributed by atoms with Crippen molar-refractivity contribution in [3.05, 3.63) is 145 Å². The summed E-state index contributed by atoms with van der Waals surface area (Å²) in [7, 11) is -3.96. The summed E-state index contributed by atoms with van der Waals surface area (Å²) in [6.07, 6.45) is 5.86. The summed E-state index contributed by atoms with van der Waals surface area (Å²) in [5.74, 6) is 2.75. The molecule has 6 aromatic rings. The second-order valence-corrected chi connectivity index (χ2v) is 34.9. The van der Waals surface area contributed by atoms with Gasteiger partial charge in [0, 0.05) is 96.0 Å². The molecule has 2 fully saturated rings. The van der Waals surface area contributed by atoms with Crippen LogP contribution in [-0.4, -0.2) is 167 Å². The fourth-order valence-corrected chi connectivity index (χ4v) is 12.3. The quantitative estimate of drug-likeness (QED) is 0.0285. The van der Waals surface area contributed by atoms with Crippen molar-refractivity contribution in [2.24, 2.45) is 0 Å². The van der Waals surface area contributed by atoms with Gasteiger partial charge in [-0.3, -0.25) is 29.2 Å². The Kier molecular flexibility index (Phi) is 23.9. The first-order chi connectivity index (χ1) is 41.0. The molecule has 464 valence electrons. The molecule has 8 rings (SSSR count). The van der Waals surface area contributed by atoms with Gasteiger partial charge in [-0.15, -0.1) is 28.5 Å². The number of benzene rings is 4. The highest BCUT2D eigenvalue weighted by Crippen LogP contribution is 2.41. The van der Waals surface area contributed by atoms with Crippen LogP contribution in [0.1, 0.15) is 115 Å². The normalized spacial score (nSPS) is 15.7. The molecule has 18 nitrogen and oxygen atoms in total. The van der Waals surface area contributed by atoms with E-state index < -0.39 is 16.6 Å². The van der Waals surface area contributed by atoms with Crippen LogP contribution in [0.15, 0.2) is 122 Å². The van der Waals surface area contributed by atoms with Crippen LogP contribution >= 0.6 is 0 Å². The number of hydrogen-bond donors (Lipinski definition) is 0. The lowest BCUT2D eigenvalue weighted by Gasteiger charge is -2.40. The number of carbonyl (C=O) groups is 2. The molecule has 2 atom stereocenters. The number of piperazine rings is 2. The van der Waals surface area contributed by atoms with Crippen LogP contribution in [0.25, 0.3) is 22.8 Å². The first-order valence-electron chi connectivity index (χ1n) is 30.8. The van der Waals surface area contributed by atoms with Gasteiger partial charge < -0.3 is 18.3 Å². The van der Waals surface area contributed by atoms with Crippen LogP contribution in [0, 0.1) is 0 Å². The van der Waals surface area contributed by atoms with Crippen molar-refractivity contribution in [2.45, 2.75) is 143 Å². The van der Waals surface area contributed by atoms with Crippen molar-refractivity contribution >= 4 is 28.6 Å². The average Bonchev–Trinajstić information content (AvgIpc) is 2.76. The van der Waals surface area contributed by atoms with Gasteiger partial charge in [0.05, 0.1) is 31.8 Å². The van der Waals surface area contributed by atoms with Crippen molar-refractivity contribution in [2.75, 3.05) is 78.7 Å². The molecule has 2 aliphatic heterocycles. The van der Waals surface area contributed by atoms with E-state index in [4.69, 9.17) is 18.3 Å². The Labute approximate surface area is 514 Å². The molecule has 2 aliphatic rings. The molecule has 0 saturated carbocycles. The summed E-state index contributed by atoms with van der Waals surface area (Å²) in [4.78, 5) is 35.0. The van der Waals surface area contributed by atoms with Crippen molar-refractivity contribution in [3.63, 3.8) is 0 Å². The number of ether oxygens (including phenoxy) is 2. The van der Waals surface area contributed by atoms with E-state index in [1.165, 1.54) is 22.3 Å². The highest BCUT2D eigenvalue weighted by molar-refractivity contribution is 6.75. The van der Waals surface area contributed by atoms with E-state index in [1.54, 1.807) is 9.48 Å². The van der Waals surface area contributed by atoms with E-state index in [0.29, 0.717) is 63.6 Å². The molecule has 2 aromatic heterocycles. The predicted molar refractivity (Wildman–Crippen MR) is 347 cm³/mol. The minimum atomic E-state index is -1.98. The summed E-state index contributed by atoms with van der Waals surface area (Å²) < 4.78 is 25.2. The molecule has 0 radical (unpaired) electrons. The van der Waals surface area contributed by atoms with Crippen LogP contribution in [0.3, 0.4) is 0 Å². The number of esters is 2. The van der Waals surface area contributed by atoms with Gasteiger partial charge in [0.25, 0.3) is 0 Å². The zero-order valence-electron chi connectivity index (χ0n) is 53.5. The molecule has 0 spiro atoms. The summed E-state index contributed by atoms with van der Waals surface area (Å²) in [6.45, 7) is 45.8. The lowest BCUT2D eigenvalue weighted by atomic mass is 9.95. The summed E-state index contributed by atoms with van der Waals surface area (Å²) in [6, 6.07) is 34.6. The van der Waals surface area contributed by atoms with E-state index >= 15 is 0 Å². The van der Waals surface area contributed by atoms with E-state index in [0.717, 1.165) is 88.1 Å². The largest absolute Gasteiger partial charge is 0.543 e. The third-order valence-electron chi connectivity index (χ3n) is 17.1. The Bertz CT molecular complexity index is 3100. The monoisotopic (exact) mass is 1210 g/mol. The van der Waals surface area contributed by atoms with Gasteiger partial charge in [0.15, 0.2) is 5.82 Å². The van der Waals surface area contributed by atoms with Crippen LogP contribution in [0.4, 0.5) is 0 Å². The van der Waals surface area contributed by atoms with Gasteiger partial charge in [0.1, 0.15) is 11.5 Å². The number of rotatable bonds is 26. The zero-order chi connectivity index (χ0) is 62.1. The van der Waals surface area contributed by atoms with Gasteiger partial charge in [0.2, 0.25) is 22.5 Å². The topological polar surface area (TPSA) is 171 Å². The number of hydrogen-bond acceptors (Lipinski definition) is 16. The minimum absolute atomic E-state index is 0.0865. The van der Waals surface area contributed by atoms with Crippen LogP contribution < -0.4 is 8.85 Å². The van der Waals surface area contributed by atoms with Crippen LogP contribution in [-0.2, 0) is 32.2 Å². The van der Waals surface area contributed by atoms with Gasteiger partial charge >= 0.3 is 11.9 Å². The maximum atomic E-state index is 11.8. The molecule has 0 bridgehead atoms. The minimum Gasteiger partial charge on any atom is -0.543 e. The van der Waals surface area contributed by atoms with Gasteiger partial charge in [-0.2, -0.15) is 4.80 Å². The Morgan fingerprint density at radius 2 is 1.01 bits per heavy atom. The Morgan fingerprint density at radius 1 is 0.570 bits per heavy atom. The summed E-state index contributed by atoms with van der Waals surface area (Å²) in [5.41, 5.74) is 6.73. The standard InChI is InChI=1S/2C33H48N6O3Si/c1-8-19-37-21-23-38(24-22-37)31(28-12-10-13-29(25-28)42-43(6,7)33(3,4)5)26-15-17-27(18-16-26)32-34-35-36-39(32)20-11-14-30(40)41-9-2;1-8-19-37-21-23-38(24-22-37)31(28-12-10-13-29(25-28)42-43(6,7)33(3,4)5)26-15-17-27(18-16-26)32-34-36-39(35-32)20-11-14-30(40)41-9-2/h2*8,10,12-13,15-18,25,31H,1,9,11,14,19-24H2,2-7H3. The van der Waals surface area contributed by atoms with Crippen molar-refractivity contribution in [3.8, 4) is 34.3 Å². The van der Waals surface area contributed by atoms with Gasteiger partial charge in [-0.1, -0.05) is 126 Å². The molecule has 0 amide bonds. The van der Waals surface area contributed by atoms with E-state index in [1.807, 2.05) is 26.0 Å². The van der Waals surface area contributed by atoms with Crippen molar-refractivity contribution in [1.82, 2.24) is 60.0 Å². The molecular weight excluding hydrogens is 1110 g/mol. The highest BCUT2D eigenvalue weighted by Gasteiger charge is 2.40. The maximum absolute atomic E-state index is 11.8. The van der Waals surface area contributed by atoms with E-state index in [-0.39, 0.29) is 34.1 Å². The summed E-state index contributed by atoms with van der Waals surface area (Å²) >= 11 is 0. The Hall–Kier alpha value is -6.69. The van der Waals surface area contributed by atoms with Gasteiger partial charge in [-0.25, -0.2) is 4.68 Å². The smallest absolute Gasteiger partial charge is 0.305 e. The molecule has 0 aliphatic carbocycles. The maximum Gasteiger partial charge on any atom is 0.305 e. The second-order valence-electron chi connectivity index (χ2n) is 25.4. The average molecular weight is 1210 g/mol. The summed E-state index contributed by atoms with van der Waals surface area (Å²) in [5, 5.41) is 25.6. The number of aromatic nitrogens is 8. The Balaban J connectivity index is 0.000000246. The molecule has 4 heterocycles. The van der Waals surface area contributed by atoms with Crippen molar-refractivity contribution in [1.29, 1.82) is 0 Å². The predicted octanol–water partition coefficient (Wildman–Crippen LogP) is 11.9. The second kappa shape index (κ2) is 30.8. The third kappa shape index (κ3) is 18.4. The number of carbonyl (C=O) groups excluding carboxylic acids is 2. The Morgan fingerprint density at radius 3 is 1.44 bits per heavy atom. The lowest BCUT2D eigenvalue weighted by Crippen LogP contribution is -2.47. The first-order valence-corrected chi connectivity index (χ1v) is 36.6. The first kappa shape index (κ1) is 66.8. The van der Waals surface area contributed by atoms with Crippen LogP contribution in [0.2, 0.25) is 36.3 Å². The molecule has 0 N–H and O–H groups in total. The third-order valence-corrected chi connectivity index (χ3v) is 25.8. The van der Waals surface area contributed by atoms with E-state index in [2.05, 4.69) is 228 Å². The number of aryl methyl sites for hydroxylation is 2. The fourth-order valence-electron chi connectivity index (χ4n) is 10.2. The molecular formula is C66H96N12O6Si2. The molecule has 86 heavy (non-hydrogen) atoms. The highest BCUT2D eigenvalue weighted by atomic mass is 28.4. The number of nitrogens with zero attached hydrogens (tertiary/aromatic N) is 12. The lowest BCUT2D eigenvalue weighted by molar-refractivity contribution is -0.144. The van der Waals surface area contributed by atoms with Crippen molar-refractivity contribution < 1.29 is 27.9 Å². The number of tetrazole rings is 2. The SMILES string of the molecule is C=CCN1CCN(C(c2ccc(-c3nnn(CCCC(=O)OCC)n3)cc2)c2cccc(O[Si](C)(C)C(C)(C)C)c2)CC1.C=CCN1CCN(C(c2ccc(-c3nnnn3CCCC(=O)OCC)cc2)c2cccc(O[Si](C)(C)C(C)(C)C)c2)CC1. The van der Waals surface area contributed by atoms with Gasteiger partial charge in [-0.05, 0) is 125 Å². The molecule has 2 saturated heterocycles. The molecule has 20 heteroatoms. The zero-order valence-corrected chi connectivity index (χ0v) is 55.5. The molecule has 4 aromatic carbocycles. The van der Waals surface area contributed by atoms with E-state index in [9.17, 15) is 9.59 Å². The fraction of sp³-hybridized carbons (Fsp3) is 0.515. The van der Waals surface area contributed by atoms with Crippen LogP contribution in [0.5, 0.6) is 11.5 Å². The molecule has 2 unspecified atom stereocenters.